The van der Waals surface area contributed by atoms with Crippen molar-refractivity contribution >= 4 is 5.97 Å². The van der Waals surface area contributed by atoms with Gasteiger partial charge in [0.25, 0.3) is 0 Å². The van der Waals surface area contributed by atoms with Gasteiger partial charge in [0.1, 0.15) is 0 Å². The molecule has 0 aromatic heterocycles. The van der Waals surface area contributed by atoms with Gasteiger partial charge in [-0.05, 0) is 13.3 Å². The van der Waals surface area contributed by atoms with Crippen molar-refractivity contribution in [3.05, 3.63) is 0 Å². The SMILES string of the molecule is CCCC(C)OC(=O)C(C)C. The Bertz CT molecular complexity index is 119. The molecule has 0 aromatic rings. The highest BCUT2D eigenvalue weighted by atomic mass is 16.5. The van der Waals surface area contributed by atoms with Crippen LogP contribution in [-0.2, 0) is 9.53 Å². The Hall–Kier alpha value is -0.530. The zero-order valence-electron chi connectivity index (χ0n) is 7.89. The second-order valence-corrected chi connectivity index (χ2v) is 3.19. The molecule has 66 valence electrons. The third kappa shape index (κ3) is 4.82. The third-order valence-electron chi connectivity index (χ3n) is 1.48. The highest BCUT2D eigenvalue weighted by Gasteiger charge is 2.11. The number of rotatable bonds is 4. The first-order chi connectivity index (χ1) is 5.07. The Kier molecular flexibility index (Phi) is 4.92. The van der Waals surface area contributed by atoms with Crippen LogP contribution in [0.15, 0.2) is 0 Å². The molecule has 0 amide bonds. The maximum absolute atomic E-state index is 11.0. The van der Waals surface area contributed by atoms with Gasteiger partial charge in [0.05, 0.1) is 12.0 Å². The molecule has 0 aliphatic carbocycles. The summed E-state index contributed by atoms with van der Waals surface area (Å²) in [6, 6.07) is 0. The molecule has 2 heteroatoms. The van der Waals surface area contributed by atoms with E-state index in [1.807, 2.05) is 20.8 Å². The molecule has 0 rings (SSSR count). The molecule has 0 aromatic carbocycles. The van der Waals surface area contributed by atoms with E-state index < -0.39 is 0 Å². The van der Waals surface area contributed by atoms with Crippen LogP contribution in [0.2, 0.25) is 0 Å². The zero-order chi connectivity index (χ0) is 8.85. The molecule has 1 atom stereocenters. The van der Waals surface area contributed by atoms with Crippen LogP contribution in [-0.4, -0.2) is 12.1 Å². The fourth-order valence-electron chi connectivity index (χ4n) is 0.800. The second-order valence-electron chi connectivity index (χ2n) is 3.19. The van der Waals surface area contributed by atoms with Gasteiger partial charge in [0, 0.05) is 0 Å². The lowest BCUT2D eigenvalue weighted by Gasteiger charge is -2.13. The van der Waals surface area contributed by atoms with Crippen LogP contribution in [0.3, 0.4) is 0 Å². The lowest BCUT2D eigenvalue weighted by Crippen LogP contribution is -2.18. The number of ether oxygens (including phenoxy) is 1. The van der Waals surface area contributed by atoms with Crippen LogP contribution in [0.4, 0.5) is 0 Å². The van der Waals surface area contributed by atoms with Crippen molar-refractivity contribution in [3.63, 3.8) is 0 Å². The molecule has 0 aliphatic rings. The summed E-state index contributed by atoms with van der Waals surface area (Å²) < 4.78 is 5.11. The molecule has 0 bridgehead atoms. The molecule has 0 radical (unpaired) electrons. The van der Waals surface area contributed by atoms with E-state index >= 15 is 0 Å². The molecule has 0 saturated carbocycles. The van der Waals surface area contributed by atoms with Crippen molar-refractivity contribution in [2.45, 2.75) is 46.6 Å². The summed E-state index contributed by atoms with van der Waals surface area (Å²) in [7, 11) is 0. The predicted molar refractivity (Wildman–Crippen MR) is 45.3 cm³/mol. The third-order valence-corrected chi connectivity index (χ3v) is 1.48. The molecule has 1 unspecified atom stereocenters. The van der Waals surface area contributed by atoms with Crippen molar-refractivity contribution in [2.75, 3.05) is 0 Å². The molecule has 0 saturated heterocycles. The molecule has 0 aliphatic heterocycles. The molecule has 2 nitrogen and oxygen atoms in total. The van der Waals surface area contributed by atoms with Crippen LogP contribution >= 0.6 is 0 Å². The minimum absolute atomic E-state index is 0.00527. The average Bonchev–Trinajstić information content (AvgIpc) is 1.87. The van der Waals surface area contributed by atoms with Crippen molar-refractivity contribution in [3.8, 4) is 0 Å². The van der Waals surface area contributed by atoms with Gasteiger partial charge in [-0.15, -0.1) is 0 Å². The molecule has 0 fully saturated rings. The summed E-state index contributed by atoms with van der Waals surface area (Å²) in [5.74, 6) is -0.0970. The quantitative estimate of drug-likeness (QED) is 0.587. The smallest absolute Gasteiger partial charge is 0.308 e. The van der Waals surface area contributed by atoms with E-state index in [-0.39, 0.29) is 18.0 Å². The van der Waals surface area contributed by atoms with Crippen molar-refractivity contribution in [2.24, 2.45) is 5.92 Å². The topological polar surface area (TPSA) is 26.3 Å². The zero-order valence-corrected chi connectivity index (χ0v) is 7.89. The Morgan fingerprint density at radius 1 is 1.36 bits per heavy atom. The first kappa shape index (κ1) is 10.5. The van der Waals surface area contributed by atoms with Gasteiger partial charge in [-0.3, -0.25) is 4.79 Å². The number of hydrogen-bond acceptors (Lipinski definition) is 2. The highest BCUT2D eigenvalue weighted by molar-refractivity contribution is 5.71. The van der Waals surface area contributed by atoms with Crippen LogP contribution in [0, 0.1) is 5.92 Å². The first-order valence-corrected chi connectivity index (χ1v) is 4.28. The van der Waals surface area contributed by atoms with Gasteiger partial charge in [-0.25, -0.2) is 0 Å². The van der Waals surface area contributed by atoms with Gasteiger partial charge in [-0.1, -0.05) is 27.2 Å². The summed E-state index contributed by atoms with van der Waals surface area (Å²) in [5.41, 5.74) is 0. The Morgan fingerprint density at radius 2 is 1.91 bits per heavy atom. The molecule has 0 heterocycles. The Labute approximate surface area is 68.9 Å². The number of hydrogen-bond donors (Lipinski definition) is 0. The van der Waals surface area contributed by atoms with Crippen LogP contribution in [0.1, 0.15) is 40.5 Å². The summed E-state index contributed by atoms with van der Waals surface area (Å²) in [5, 5.41) is 0. The molecule has 11 heavy (non-hydrogen) atoms. The maximum atomic E-state index is 11.0. The fraction of sp³-hybridized carbons (Fsp3) is 0.889. The van der Waals surface area contributed by atoms with Crippen LogP contribution < -0.4 is 0 Å². The van der Waals surface area contributed by atoms with E-state index in [0.717, 1.165) is 12.8 Å². The lowest BCUT2D eigenvalue weighted by molar-refractivity contribution is -0.152. The van der Waals surface area contributed by atoms with Gasteiger partial charge >= 0.3 is 5.97 Å². The van der Waals surface area contributed by atoms with Gasteiger partial charge < -0.3 is 4.74 Å². The first-order valence-electron chi connectivity index (χ1n) is 4.28. The molecule has 0 N–H and O–H groups in total. The monoisotopic (exact) mass is 158 g/mol. The largest absolute Gasteiger partial charge is 0.462 e. The number of carbonyl (C=O) groups is 1. The molecular weight excluding hydrogens is 140 g/mol. The number of esters is 1. The predicted octanol–water partition coefficient (Wildman–Crippen LogP) is 2.37. The summed E-state index contributed by atoms with van der Waals surface area (Å²) in [6.45, 7) is 7.71. The van der Waals surface area contributed by atoms with E-state index in [0.29, 0.717) is 0 Å². The normalized spacial score (nSPS) is 13.2. The van der Waals surface area contributed by atoms with Gasteiger partial charge in [0.15, 0.2) is 0 Å². The highest BCUT2D eigenvalue weighted by Crippen LogP contribution is 2.04. The minimum atomic E-state index is -0.0917. The molecular formula is C9H18O2. The average molecular weight is 158 g/mol. The van der Waals surface area contributed by atoms with Gasteiger partial charge in [-0.2, -0.15) is 0 Å². The van der Waals surface area contributed by atoms with Crippen LogP contribution in [0.25, 0.3) is 0 Å². The number of carbonyl (C=O) groups excluding carboxylic acids is 1. The van der Waals surface area contributed by atoms with Crippen molar-refractivity contribution < 1.29 is 9.53 Å². The second kappa shape index (κ2) is 5.16. The summed E-state index contributed by atoms with van der Waals surface area (Å²) in [4.78, 5) is 11.0. The fourth-order valence-corrected chi connectivity index (χ4v) is 0.800. The van der Waals surface area contributed by atoms with E-state index in [1.54, 1.807) is 0 Å². The minimum Gasteiger partial charge on any atom is -0.462 e. The Morgan fingerprint density at radius 3 is 2.27 bits per heavy atom. The Balaban J connectivity index is 3.57. The lowest BCUT2D eigenvalue weighted by atomic mass is 10.2. The summed E-state index contributed by atoms with van der Waals surface area (Å²) >= 11 is 0. The van der Waals surface area contributed by atoms with E-state index in [1.165, 1.54) is 0 Å². The molecule has 0 spiro atoms. The standard InChI is InChI=1S/C9H18O2/c1-5-6-8(4)11-9(10)7(2)3/h7-8H,5-6H2,1-4H3. The van der Waals surface area contributed by atoms with Gasteiger partial charge in [0.2, 0.25) is 0 Å². The van der Waals surface area contributed by atoms with Crippen molar-refractivity contribution in [1.29, 1.82) is 0 Å². The van der Waals surface area contributed by atoms with E-state index in [9.17, 15) is 4.79 Å². The summed E-state index contributed by atoms with van der Waals surface area (Å²) in [6.07, 6.45) is 2.10. The van der Waals surface area contributed by atoms with Crippen molar-refractivity contribution in [1.82, 2.24) is 0 Å². The van der Waals surface area contributed by atoms with E-state index in [2.05, 4.69) is 6.92 Å². The van der Waals surface area contributed by atoms with E-state index in [4.69, 9.17) is 4.74 Å². The van der Waals surface area contributed by atoms with Crippen LogP contribution in [0.5, 0.6) is 0 Å². The maximum Gasteiger partial charge on any atom is 0.308 e.